The van der Waals surface area contributed by atoms with Crippen LogP contribution >= 0.6 is 0 Å². The number of hydrogen-bond donors (Lipinski definition) is 2. The molecule has 6 nitrogen and oxygen atoms in total. The molecule has 1 aliphatic heterocycles. The number of carbonyl (C=O) groups is 1. The first kappa shape index (κ1) is 12.9. The lowest BCUT2D eigenvalue weighted by Gasteiger charge is -2.23. The molecule has 2 heterocycles. The molecule has 3 N–H and O–H groups in total. The van der Waals surface area contributed by atoms with E-state index < -0.39 is 0 Å². The predicted octanol–water partition coefficient (Wildman–Crippen LogP) is 0.235. The number of aryl methyl sites for hydroxylation is 1. The summed E-state index contributed by atoms with van der Waals surface area (Å²) in [6, 6.07) is 1.68. The van der Waals surface area contributed by atoms with E-state index in [4.69, 9.17) is 15.2 Å². The topological polar surface area (TPSA) is 78.5 Å². The van der Waals surface area contributed by atoms with Crippen molar-refractivity contribution in [2.75, 3.05) is 32.1 Å². The minimum Gasteiger partial charge on any atom is -0.397 e. The molecular formula is C12H19N3O3. The highest BCUT2D eigenvalue weighted by Gasteiger charge is 2.17. The van der Waals surface area contributed by atoms with Gasteiger partial charge in [-0.15, -0.1) is 0 Å². The van der Waals surface area contributed by atoms with Gasteiger partial charge < -0.3 is 25.1 Å². The number of amides is 1. The third-order valence-corrected chi connectivity index (χ3v) is 2.87. The lowest BCUT2D eigenvalue weighted by atomic mass is 10.3. The smallest absolute Gasteiger partial charge is 0.268 e. The molecule has 0 radical (unpaired) electrons. The van der Waals surface area contributed by atoms with Gasteiger partial charge in [-0.05, 0) is 13.0 Å². The largest absolute Gasteiger partial charge is 0.397 e. The summed E-state index contributed by atoms with van der Waals surface area (Å²) >= 11 is 0. The second-order valence-corrected chi connectivity index (χ2v) is 4.22. The number of anilines is 1. The van der Waals surface area contributed by atoms with Crippen LogP contribution in [-0.4, -0.2) is 42.9 Å². The van der Waals surface area contributed by atoms with Crippen molar-refractivity contribution < 1.29 is 14.3 Å². The zero-order valence-corrected chi connectivity index (χ0v) is 10.5. The van der Waals surface area contributed by atoms with Crippen LogP contribution in [0, 0.1) is 0 Å². The van der Waals surface area contributed by atoms with E-state index in [0.29, 0.717) is 44.3 Å². The van der Waals surface area contributed by atoms with Crippen LogP contribution < -0.4 is 11.1 Å². The average Bonchev–Trinajstić information content (AvgIpc) is 2.78. The van der Waals surface area contributed by atoms with E-state index >= 15 is 0 Å². The second-order valence-electron chi connectivity index (χ2n) is 4.22. The maximum Gasteiger partial charge on any atom is 0.268 e. The van der Waals surface area contributed by atoms with E-state index in [1.807, 2.05) is 11.5 Å². The highest BCUT2D eigenvalue weighted by Crippen LogP contribution is 2.10. The van der Waals surface area contributed by atoms with Gasteiger partial charge in [0.2, 0.25) is 0 Å². The number of ether oxygens (including phenoxy) is 2. The maximum absolute atomic E-state index is 12.0. The van der Waals surface area contributed by atoms with Crippen LogP contribution in [0.25, 0.3) is 0 Å². The molecule has 0 aliphatic carbocycles. The van der Waals surface area contributed by atoms with Gasteiger partial charge in [-0.1, -0.05) is 0 Å². The fourth-order valence-electron chi connectivity index (χ4n) is 1.94. The molecular weight excluding hydrogens is 234 g/mol. The van der Waals surface area contributed by atoms with Gasteiger partial charge in [-0.3, -0.25) is 4.79 Å². The average molecular weight is 253 g/mol. The van der Waals surface area contributed by atoms with Gasteiger partial charge in [0.05, 0.1) is 31.6 Å². The van der Waals surface area contributed by atoms with Crippen molar-refractivity contribution in [3.63, 3.8) is 0 Å². The van der Waals surface area contributed by atoms with Crippen molar-refractivity contribution in [2.24, 2.45) is 0 Å². The minimum absolute atomic E-state index is 0.0647. The van der Waals surface area contributed by atoms with Crippen LogP contribution in [-0.2, 0) is 16.0 Å². The van der Waals surface area contributed by atoms with Gasteiger partial charge in [0.15, 0.2) is 0 Å². The zero-order valence-electron chi connectivity index (χ0n) is 10.5. The Bertz CT molecular complexity index is 411. The summed E-state index contributed by atoms with van der Waals surface area (Å²) in [7, 11) is 0. The van der Waals surface area contributed by atoms with E-state index in [1.54, 1.807) is 12.3 Å². The number of nitrogen functional groups attached to an aromatic ring is 1. The Morgan fingerprint density at radius 2 is 2.44 bits per heavy atom. The molecule has 1 saturated heterocycles. The van der Waals surface area contributed by atoms with Crippen LogP contribution in [0.3, 0.4) is 0 Å². The van der Waals surface area contributed by atoms with E-state index in [0.717, 1.165) is 0 Å². The van der Waals surface area contributed by atoms with Crippen LogP contribution in [0.4, 0.5) is 5.69 Å². The number of rotatable bonds is 4. The molecule has 1 aromatic heterocycles. The van der Waals surface area contributed by atoms with Gasteiger partial charge in [-0.25, -0.2) is 0 Å². The molecule has 1 amide bonds. The molecule has 0 aromatic carbocycles. The van der Waals surface area contributed by atoms with Crippen LogP contribution in [0.15, 0.2) is 12.3 Å². The van der Waals surface area contributed by atoms with Crippen molar-refractivity contribution in [1.82, 2.24) is 9.88 Å². The molecule has 0 saturated carbocycles. The summed E-state index contributed by atoms with van der Waals surface area (Å²) in [5, 5.41) is 2.84. The monoisotopic (exact) mass is 253 g/mol. The van der Waals surface area contributed by atoms with Crippen molar-refractivity contribution in [2.45, 2.75) is 19.6 Å². The third-order valence-electron chi connectivity index (χ3n) is 2.87. The summed E-state index contributed by atoms with van der Waals surface area (Å²) in [5.41, 5.74) is 6.86. The number of nitrogens with one attached hydrogen (secondary N) is 1. The first-order valence-corrected chi connectivity index (χ1v) is 6.14. The molecule has 1 aliphatic rings. The van der Waals surface area contributed by atoms with Crippen LogP contribution in [0.1, 0.15) is 17.4 Å². The quantitative estimate of drug-likeness (QED) is 0.805. The molecule has 1 unspecified atom stereocenters. The summed E-state index contributed by atoms with van der Waals surface area (Å²) < 4.78 is 12.5. The van der Waals surface area contributed by atoms with Gasteiger partial charge in [0.25, 0.3) is 5.91 Å². The molecule has 1 atom stereocenters. The van der Waals surface area contributed by atoms with Crippen molar-refractivity contribution in [3.8, 4) is 0 Å². The first-order chi connectivity index (χ1) is 8.70. The highest BCUT2D eigenvalue weighted by atomic mass is 16.6. The Balaban J connectivity index is 1.90. The Kier molecular flexibility index (Phi) is 4.22. The molecule has 1 aromatic rings. The highest BCUT2D eigenvalue weighted by molar-refractivity contribution is 5.93. The molecule has 0 spiro atoms. The lowest BCUT2D eigenvalue weighted by Crippen LogP contribution is -2.40. The van der Waals surface area contributed by atoms with Crippen LogP contribution in [0.2, 0.25) is 0 Å². The number of hydrogen-bond acceptors (Lipinski definition) is 4. The van der Waals surface area contributed by atoms with Crippen molar-refractivity contribution >= 4 is 11.6 Å². The van der Waals surface area contributed by atoms with Gasteiger partial charge in [0, 0.05) is 19.3 Å². The van der Waals surface area contributed by atoms with Crippen LogP contribution in [0.5, 0.6) is 0 Å². The first-order valence-electron chi connectivity index (χ1n) is 6.14. The van der Waals surface area contributed by atoms with Crippen molar-refractivity contribution in [1.29, 1.82) is 0 Å². The molecule has 18 heavy (non-hydrogen) atoms. The Morgan fingerprint density at radius 3 is 3.11 bits per heavy atom. The number of aromatic nitrogens is 1. The van der Waals surface area contributed by atoms with E-state index in [9.17, 15) is 4.79 Å². The summed E-state index contributed by atoms with van der Waals surface area (Å²) in [6.07, 6.45) is 1.69. The minimum atomic E-state index is -0.136. The predicted molar refractivity (Wildman–Crippen MR) is 67.4 cm³/mol. The molecule has 100 valence electrons. The van der Waals surface area contributed by atoms with Gasteiger partial charge in [0.1, 0.15) is 5.69 Å². The van der Waals surface area contributed by atoms with E-state index in [2.05, 4.69) is 5.32 Å². The van der Waals surface area contributed by atoms with Crippen molar-refractivity contribution in [3.05, 3.63) is 18.0 Å². The SMILES string of the molecule is CCn1cc(N)cc1C(=O)NCC1COCCO1. The maximum atomic E-state index is 12.0. The number of carbonyl (C=O) groups excluding carboxylic acids is 1. The second kappa shape index (κ2) is 5.88. The number of nitrogens with zero attached hydrogens (tertiary/aromatic N) is 1. The fourth-order valence-corrected chi connectivity index (χ4v) is 1.94. The normalized spacial score (nSPS) is 19.7. The van der Waals surface area contributed by atoms with E-state index in [1.165, 1.54) is 0 Å². The lowest BCUT2D eigenvalue weighted by molar-refractivity contribution is -0.0855. The Hall–Kier alpha value is -1.53. The fraction of sp³-hybridized carbons (Fsp3) is 0.583. The molecule has 1 fully saturated rings. The number of nitrogens with two attached hydrogens (primary N) is 1. The molecule has 6 heteroatoms. The Labute approximate surface area is 106 Å². The zero-order chi connectivity index (χ0) is 13.0. The summed E-state index contributed by atoms with van der Waals surface area (Å²) in [4.78, 5) is 12.0. The molecule has 2 rings (SSSR count). The standard InChI is InChI=1S/C12H19N3O3/c1-2-15-7-9(13)5-11(15)12(16)14-6-10-8-17-3-4-18-10/h5,7,10H,2-4,6,8,13H2,1H3,(H,14,16). The van der Waals surface area contributed by atoms with Gasteiger partial charge in [-0.2, -0.15) is 0 Å². The van der Waals surface area contributed by atoms with E-state index in [-0.39, 0.29) is 12.0 Å². The summed E-state index contributed by atoms with van der Waals surface area (Å²) in [5.74, 6) is -0.136. The Morgan fingerprint density at radius 1 is 1.61 bits per heavy atom. The summed E-state index contributed by atoms with van der Waals surface area (Å²) in [6.45, 7) is 4.86. The molecule has 0 bridgehead atoms. The third kappa shape index (κ3) is 3.02. The van der Waals surface area contributed by atoms with Gasteiger partial charge >= 0.3 is 0 Å².